The van der Waals surface area contributed by atoms with Gasteiger partial charge in [0.25, 0.3) is 11.1 Å². The normalized spacial score (nSPS) is 11.3. The molecule has 2 heterocycles. The topological polar surface area (TPSA) is 78.2 Å². The van der Waals surface area contributed by atoms with Crippen LogP contribution in [0.1, 0.15) is 11.3 Å². The van der Waals surface area contributed by atoms with Crippen molar-refractivity contribution >= 4 is 22.5 Å². The first-order valence-corrected chi connectivity index (χ1v) is 10.2. The van der Waals surface area contributed by atoms with Crippen molar-refractivity contribution < 1.29 is 9.47 Å². The molecule has 31 heavy (non-hydrogen) atoms. The third kappa shape index (κ3) is 4.34. The van der Waals surface area contributed by atoms with E-state index in [0.717, 1.165) is 5.56 Å². The highest BCUT2D eigenvalue weighted by atomic mass is 35.5. The average Bonchev–Trinajstić information content (AvgIpc) is 3.09. The number of aromatic amines is 1. The molecule has 0 aliphatic rings. The number of methoxy groups -OCH3 is 1. The Kier molecular flexibility index (Phi) is 6.36. The molecule has 4 aromatic rings. The molecule has 1 N–H and O–H groups in total. The fourth-order valence-electron chi connectivity index (χ4n) is 3.53. The number of H-pyrrole nitrogens is 1. The van der Waals surface area contributed by atoms with E-state index in [9.17, 15) is 9.59 Å². The number of hydrogen-bond acceptors (Lipinski definition) is 4. The standard InChI is InChI=1S/C23H22ClN3O4/c1-30-12-11-26-20(15-31-14-16-7-3-2-4-8-16)22-18(13-21(26)28)25-27(23(22)29)19-10-6-5-9-17(19)24/h2-10,13,25H,11-12,14-15H2,1H3. The maximum atomic E-state index is 13.3. The van der Waals surface area contributed by atoms with Gasteiger partial charge in [0.2, 0.25) is 0 Å². The number of aromatic nitrogens is 3. The van der Waals surface area contributed by atoms with Crippen molar-refractivity contribution in [1.82, 2.24) is 14.3 Å². The molecule has 0 aliphatic carbocycles. The molecule has 0 aliphatic heterocycles. The number of para-hydroxylation sites is 1. The van der Waals surface area contributed by atoms with Crippen LogP contribution in [0.15, 0.2) is 70.3 Å². The van der Waals surface area contributed by atoms with Crippen molar-refractivity contribution in [3.63, 3.8) is 0 Å². The Bertz CT molecular complexity index is 1310. The highest BCUT2D eigenvalue weighted by Crippen LogP contribution is 2.21. The van der Waals surface area contributed by atoms with Gasteiger partial charge in [0, 0.05) is 19.7 Å². The molecule has 0 spiro atoms. The number of rotatable bonds is 8. The summed E-state index contributed by atoms with van der Waals surface area (Å²) in [6.07, 6.45) is 0. The summed E-state index contributed by atoms with van der Waals surface area (Å²) in [4.78, 5) is 26.2. The van der Waals surface area contributed by atoms with E-state index in [2.05, 4.69) is 5.10 Å². The Morgan fingerprint density at radius 3 is 2.48 bits per heavy atom. The Hall–Kier alpha value is -3.13. The van der Waals surface area contributed by atoms with E-state index < -0.39 is 0 Å². The molecule has 2 aromatic carbocycles. The number of fused-ring (bicyclic) bond motifs is 1. The minimum absolute atomic E-state index is 0.0980. The molecule has 2 aromatic heterocycles. The van der Waals surface area contributed by atoms with Gasteiger partial charge in [0.1, 0.15) is 0 Å². The average molecular weight is 440 g/mol. The number of ether oxygens (including phenoxy) is 2. The third-order valence-electron chi connectivity index (χ3n) is 5.03. The molecule has 7 nitrogen and oxygen atoms in total. The minimum Gasteiger partial charge on any atom is -0.383 e. The molecule has 160 valence electrons. The summed E-state index contributed by atoms with van der Waals surface area (Å²) in [5.41, 5.74) is 1.91. The van der Waals surface area contributed by atoms with Crippen LogP contribution in [0, 0.1) is 0 Å². The Morgan fingerprint density at radius 2 is 1.74 bits per heavy atom. The number of nitrogens with one attached hydrogen (secondary N) is 1. The molecule has 0 fully saturated rings. The van der Waals surface area contributed by atoms with E-state index in [-0.39, 0.29) is 17.7 Å². The van der Waals surface area contributed by atoms with Crippen molar-refractivity contribution in [3.8, 4) is 5.69 Å². The zero-order chi connectivity index (χ0) is 21.8. The lowest BCUT2D eigenvalue weighted by atomic mass is 10.2. The molecule has 0 saturated carbocycles. The fourth-order valence-corrected chi connectivity index (χ4v) is 3.75. The maximum absolute atomic E-state index is 13.3. The van der Waals surface area contributed by atoms with E-state index in [1.165, 1.54) is 15.3 Å². The summed E-state index contributed by atoms with van der Waals surface area (Å²) < 4.78 is 13.9. The smallest absolute Gasteiger partial charge is 0.281 e. The fraction of sp³-hybridized carbons (Fsp3) is 0.217. The van der Waals surface area contributed by atoms with E-state index in [0.29, 0.717) is 47.1 Å². The van der Waals surface area contributed by atoms with Crippen LogP contribution >= 0.6 is 11.6 Å². The van der Waals surface area contributed by atoms with Crippen molar-refractivity contribution in [2.45, 2.75) is 19.8 Å². The Labute approximate surface area is 183 Å². The highest BCUT2D eigenvalue weighted by Gasteiger charge is 2.19. The molecule has 0 radical (unpaired) electrons. The molecule has 0 unspecified atom stereocenters. The van der Waals surface area contributed by atoms with Gasteiger partial charge in [-0.1, -0.05) is 54.1 Å². The van der Waals surface area contributed by atoms with Gasteiger partial charge in [-0.25, -0.2) is 4.68 Å². The molecule has 0 amide bonds. The van der Waals surface area contributed by atoms with Crippen LogP contribution in [0.5, 0.6) is 0 Å². The summed E-state index contributed by atoms with van der Waals surface area (Å²) in [7, 11) is 1.57. The second-order valence-corrected chi connectivity index (χ2v) is 7.45. The molecule has 0 bridgehead atoms. The van der Waals surface area contributed by atoms with Gasteiger partial charge in [-0.15, -0.1) is 0 Å². The second kappa shape index (κ2) is 9.34. The van der Waals surface area contributed by atoms with E-state index in [1.54, 1.807) is 31.4 Å². The highest BCUT2D eigenvalue weighted by molar-refractivity contribution is 6.32. The van der Waals surface area contributed by atoms with E-state index in [4.69, 9.17) is 21.1 Å². The number of hydrogen-bond donors (Lipinski definition) is 1. The number of benzene rings is 2. The molecule has 0 atom stereocenters. The van der Waals surface area contributed by atoms with Crippen LogP contribution in [-0.2, 0) is 29.2 Å². The summed E-state index contributed by atoms with van der Waals surface area (Å²) in [6, 6.07) is 18.2. The summed E-state index contributed by atoms with van der Waals surface area (Å²) >= 11 is 6.29. The minimum atomic E-state index is -0.299. The van der Waals surface area contributed by atoms with Crippen molar-refractivity contribution in [1.29, 1.82) is 0 Å². The lowest BCUT2D eigenvalue weighted by Gasteiger charge is -2.13. The quantitative estimate of drug-likeness (QED) is 0.456. The van der Waals surface area contributed by atoms with Gasteiger partial charge in [0.15, 0.2) is 0 Å². The third-order valence-corrected chi connectivity index (χ3v) is 5.35. The number of nitrogens with zero attached hydrogens (tertiary/aromatic N) is 2. The summed E-state index contributed by atoms with van der Waals surface area (Å²) in [5.74, 6) is 0. The first-order chi connectivity index (χ1) is 15.1. The number of pyridine rings is 1. The summed E-state index contributed by atoms with van der Waals surface area (Å²) in [6.45, 7) is 1.10. The lowest BCUT2D eigenvalue weighted by molar-refractivity contribution is 0.100. The molecule has 0 saturated heterocycles. The first-order valence-electron chi connectivity index (χ1n) is 9.83. The second-order valence-electron chi connectivity index (χ2n) is 7.04. The Balaban J connectivity index is 1.80. The monoisotopic (exact) mass is 439 g/mol. The van der Waals surface area contributed by atoms with Gasteiger partial charge in [0.05, 0.1) is 47.1 Å². The van der Waals surface area contributed by atoms with Gasteiger partial charge in [-0.2, -0.15) is 0 Å². The lowest BCUT2D eigenvalue weighted by Crippen LogP contribution is -2.27. The van der Waals surface area contributed by atoms with Crippen LogP contribution in [0.4, 0.5) is 0 Å². The van der Waals surface area contributed by atoms with Crippen molar-refractivity contribution in [3.05, 3.63) is 97.7 Å². The number of halogens is 1. The zero-order valence-corrected chi connectivity index (χ0v) is 17.8. The molecular weight excluding hydrogens is 418 g/mol. The maximum Gasteiger partial charge on any atom is 0.281 e. The molecular formula is C23H22ClN3O4. The van der Waals surface area contributed by atoms with Gasteiger partial charge < -0.3 is 14.0 Å². The molecule has 4 rings (SSSR count). The van der Waals surface area contributed by atoms with Crippen LogP contribution in [-0.4, -0.2) is 28.1 Å². The van der Waals surface area contributed by atoms with Crippen LogP contribution < -0.4 is 11.1 Å². The van der Waals surface area contributed by atoms with Gasteiger partial charge >= 0.3 is 0 Å². The van der Waals surface area contributed by atoms with Crippen molar-refractivity contribution in [2.75, 3.05) is 13.7 Å². The van der Waals surface area contributed by atoms with Crippen LogP contribution in [0.2, 0.25) is 5.02 Å². The van der Waals surface area contributed by atoms with Gasteiger partial charge in [-0.05, 0) is 17.7 Å². The zero-order valence-electron chi connectivity index (χ0n) is 17.0. The SMILES string of the molecule is COCCn1c(COCc2ccccc2)c2c(=O)n(-c3ccccc3Cl)[nH]c2cc1=O. The summed E-state index contributed by atoms with van der Waals surface area (Å²) in [5, 5.41) is 3.83. The Morgan fingerprint density at radius 1 is 1.00 bits per heavy atom. The predicted octanol–water partition coefficient (Wildman–Crippen LogP) is 3.50. The van der Waals surface area contributed by atoms with Crippen LogP contribution in [0.25, 0.3) is 16.6 Å². The predicted molar refractivity (Wildman–Crippen MR) is 120 cm³/mol. The van der Waals surface area contributed by atoms with Crippen molar-refractivity contribution in [2.24, 2.45) is 0 Å². The largest absolute Gasteiger partial charge is 0.383 e. The molecule has 8 heteroatoms. The van der Waals surface area contributed by atoms with E-state index >= 15 is 0 Å². The van der Waals surface area contributed by atoms with Crippen LogP contribution in [0.3, 0.4) is 0 Å². The van der Waals surface area contributed by atoms with E-state index in [1.807, 2.05) is 30.3 Å². The first kappa shape index (κ1) is 21.1. The van der Waals surface area contributed by atoms with Gasteiger partial charge in [-0.3, -0.25) is 14.7 Å².